The van der Waals surface area contributed by atoms with E-state index in [0.717, 1.165) is 21.9 Å². The van der Waals surface area contributed by atoms with Crippen LogP contribution in [-0.2, 0) is 18.3 Å². The summed E-state index contributed by atoms with van der Waals surface area (Å²) in [5.74, 6) is -1.91. The molecule has 9 heteroatoms. The molecule has 3 aromatic carbocycles. The Morgan fingerprint density at radius 2 is 1.72 bits per heavy atom. The van der Waals surface area contributed by atoms with Gasteiger partial charge in [0, 0.05) is 30.6 Å². The van der Waals surface area contributed by atoms with Gasteiger partial charge in [-0.1, -0.05) is 59.6 Å². The molecule has 0 bridgehead atoms. The van der Waals surface area contributed by atoms with Crippen molar-refractivity contribution in [3.05, 3.63) is 110 Å². The fourth-order valence-electron chi connectivity index (χ4n) is 4.86. The largest absolute Gasteiger partial charge is 0.480 e. The number of para-hydroxylation sites is 1. The number of carbonyl (C=O) groups excluding carboxylic acids is 1. The molecule has 0 radical (unpaired) electrons. The summed E-state index contributed by atoms with van der Waals surface area (Å²) in [6, 6.07) is 18.3. The standard InChI is InChI=1S/C30H23Cl2N3O4/c1-16-12-13-33-27-18(15-23(30(38)39)34-28(36)26-21(31)7-5-8-22(26)32)10-11-19(25(16)27)20-14-17-6-3-4-9-24(17)35(2)29(20)37/h3-14,23H,15H2,1-2H3,(H,34,36)(H,38,39). The van der Waals surface area contributed by atoms with Crippen LogP contribution < -0.4 is 10.9 Å². The van der Waals surface area contributed by atoms with E-state index in [2.05, 4.69) is 10.3 Å². The Bertz CT molecular complexity index is 1830. The van der Waals surface area contributed by atoms with Crippen molar-refractivity contribution in [3.63, 3.8) is 0 Å². The lowest BCUT2D eigenvalue weighted by molar-refractivity contribution is -0.139. The minimum absolute atomic E-state index is 0.00779. The summed E-state index contributed by atoms with van der Waals surface area (Å²) in [5.41, 5.74) is 3.93. The first kappa shape index (κ1) is 26.4. The summed E-state index contributed by atoms with van der Waals surface area (Å²) in [6.07, 6.45) is 1.59. The molecule has 0 aliphatic carbocycles. The summed E-state index contributed by atoms with van der Waals surface area (Å²) < 4.78 is 1.62. The molecule has 0 spiro atoms. The predicted octanol–water partition coefficient (Wildman–Crippen LogP) is 5.79. The summed E-state index contributed by atoms with van der Waals surface area (Å²) in [6.45, 7) is 1.92. The van der Waals surface area contributed by atoms with Crippen molar-refractivity contribution >= 4 is 56.9 Å². The lowest BCUT2D eigenvalue weighted by Crippen LogP contribution is -2.42. The molecule has 0 saturated heterocycles. The number of aliphatic carboxylic acids is 1. The molecular weight excluding hydrogens is 537 g/mol. The number of carbonyl (C=O) groups is 2. The first-order chi connectivity index (χ1) is 18.7. The van der Waals surface area contributed by atoms with Crippen LogP contribution >= 0.6 is 23.2 Å². The second-order valence-electron chi connectivity index (χ2n) is 9.27. The van der Waals surface area contributed by atoms with E-state index in [1.165, 1.54) is 12.1 Å². The Morgan fingerprint density at radius 1 is 1.00 bits per heavy atom. The number of benzene rings is 3. The second-order valence-corrected chi connectivity index (χ2v) is 10.1. The molecule has 0 aliphatic heterocycles. The van der Waals surface area contributed by atoms with E-state index >= 15 is 0 Å². The number of amides is 1. The van der Waals surface area contributed by atoms with E-state index in [1.54, 1.807) is 29.9 Å². The normalized spacial score (nSPS) is 12.0. The lowest BCUT2D eigenvalue weighted by atomic mass is 9.93. The van der Waals surface area contributed by atoms with E-state index in [9.17, 15) is 19.5 Å². The minimum Gasteiger partial charge on any atom is -0.480 e. The first-order valence-corrected chi connectivity index (χ1v) is 12.9. The monoisotopic (exact) mass is 559 g/mol. The minimum atomic E-state index is -1.28. The maximum absolute atomic E-state index is 13.4. The molecule has 2 N–H and O–H groups in total. The van der Waals surface area contributed by atoms with Crippen molar-refractivity contribution in [2.45, 2.75) is 19.4 Å². The topological polar surface area (TPSA) is 101 Å². The third-order valence-corrected chi connectivity index (χ3v) is 7.45. The van der Waals surface area contributed by atoms with Crippen molar-refractivity contribution in [1.82, 2.24) is 14.9 Å². The van der Waals surface area contributed by atoms with Crippen LogP contribution in [0, 0.1) is 6.92 Å². The third kappa shape index (κ3) is 4.87. The molecule has 0 saturated carbocycles. The summed E-state index contributed by atoms with van der Waals surface area (Å²) >= 11 is 12.3. The van der Waals surface area contributed by atoms with Gasteiger partial charge in [-0.05, 0) is 59.3 Å². The van der Waals surface area contributed by atoms with Crippen molar-refractivity contribution in [3.8, 4) is 11.1 Å². The number of aryl methyl sites for hydroxylation is 2. The van der Waals surface area contributed by atoms with Crippen LogP contribution in [0.25, 0.3) is 32.9 Å². The number of fused-ring (bicyclic) bond motifs is 2. The fourth-order valence-corrected chi connectivity index (χ4v) is 5.43. The average Bonchev–Trinajstić information content (AvgIpc) is 2.90. The van der Waals surface area contributed by atoms with Gasteiger partial charge >= 0.3 is 5.97 Å². The van der Waals surface area contributed by atoms with E-state index < -0.39 is 17.9 Å². The van der Waals surface area contributed by atoms with Crippen molar-refractivity contribution in [2.24, 2.45) is 7.05 Å². The Kier molecular flexibility index (Phi) is 7.12. The maximum Gasteiger partial charge on any atom is 0.326 e. The van der Waals surface area contributed by atoms with Gasteiger partial charge in [0.2, 0.25) is 0 Å². The zero-order valence-electron chi connectivity index (χ0n) is 21.0. The number of pyridine rings is 2. The fraction of sp³-hybridized carbons (Fsp3) is 0.133. The summed E-state index contributed by atoms with van der Waals surface area (Å²) in [7, 11) is 1.74. The lowest BCUT2D eigenvalue weighted by Gasteiger charge is -2.18. The highest BCUT2D eigenvalue weighted by molar-refractivity contribution is 6.39. The highest BCUT2D eigenvalue weighted by atomic mass is 35.5. The summed E-state index contributed by atoms with van der Waals surface area (Å²) in [4.78, 5) is 43.1. The number of nitrogens with one attached hydrogen (secondary N) is 1. The SMILES string of the molecule is Cc1ccnc2c(CC(NC(=O)c3c(Cl)cccc3Cl)C(=O)O)ccc(-c3cc4ccccc4n(C)c3=O)c12. The maximum atomic E-state index is 13.4. The van der Waals surface area contributed by atoms with Crippen LogP contribution in [-0.4, -0.2) is 32.6 Å². The number of aromatic nitrogens is 2. The molecule has 7 nitrogen and oxygen atoms in total. The Balaban J connectivity index is 1.59. The molecule has 1 unspecified atom stereocenters. The average molecular weight is 560 g/mol. The highest BCUT2D eigenvalue weighted by Crippen LogP contribution is 2.32. The molecule has 2 heterocycles. The first-order valence-electron chi connectivity index (χ1n) is 12.1. The van der Waals surface area contributed by atoms with Gasteiger partial charge in [0.1, 0.15) is 6.04 Å². The van der Waals surface area contributed by atoms with Crippen LogP contribution in [0.3, 0.4) is 0 Å². The van der Waals surface area contributed by atoms with Gasteiger partial charge in [0.25, 0.3) is 11.5 Å². The van der Waals surface area contributed by atoms with Crippen molar-refractivity contribution < 1.29 is 14.7 Å². The van der Waals surface area contributed by atoms with Crippen LogP contribution in [0.1, 0.15) is 21.5 Å². The van der Waals surface area contributed by atoms with Crippen molar-refractivity contribution in [2.75, 3.05) is 0 Å². The third-order valence-electron chi connectivity index (χ3n) is 6.82. The zero-order valence-corrected chi connectivity index (χ0v) is 22.5. The van der Waals surface area contributed by atoms with Crippen LogP contribution in [0.4, 0.5) is 0 Å². The Morgan fingerprint density at radius 3 is 2.44 bits per heavy atom. The van der Waals surface area contributed by atoms with Gasteiger partial charge in [0.05, 0.1) is 26.6 Å². The molecule has 196 valence electrons. The molecular formula is C30H23Cl2N3O4. The molecule has 5 aromatic rings. The van der Waals surface area contributed by atoms with Crippen LogP contribution in [0.15, 0.2) is 77.7 Å². The van der Waals surface area contributed by atoms with Gasteiger partial charge < -0.3 is 15.0 Å². The second kappa shape index (κ2) is 10.5. The number of carboxylic acids is 1. The zero-order chi connectivity index (χ0) is 27.8. The molecule has 5 rings (SSSR count). The molecule has 0 fully saturated rings. The van der Waals surface area contributed by atoms with Gasteiger partial charge in [-0.2, -0.15) is 0 Å². The highest BCUT2D eigenvalue weighted by Gasteiger charge is 2.25. The van der Waals surface area contributed by atoms with E-state index in [0.29, 0.717) is 22.2 Å². The van der Waals surface area contributed by atoms with Crippen LogP contribution in [0.5, 0.6) is 0 Å². The van der Waals surface area contributed by atoms with Gasteiger partial charge in [-0.15, -0.1) is 0 Å². The molecule has 39 heavy (non-hydrogen) atoms. The smallest absolute Gasteiger partial charge is 0.326 e. The van der Waals surface area contributed by atoms with E-state index in [-0.39, 0.29) is 27.6 Å². The number of hydrogen-bond acceptors (Lipinski definition) is 4. The quantitative estimate of drug-likeness (QED) is 0.274. The Labute approximate surface area is 233 Å². The van der Waals surface area contributed by atoms with Crippen molar-refractivity contribution in [1.29, 1.82) is 0 Å². The predicted molar refractivity (Wildman–Crippen MR) is 154 cm³/mol. The Hall–Kier alpha value is -4.20. The van der Waals surface area contributed by atoms with E-state index in [1.807, 2.05) is 49.4 Å². The van der Waals surface area contributed by atoms with E-state index in [4.69, 9.17) is 23.2 Å². The summed E-state index contributed by atoms with van der Waals surface area (Å²) in [5, 5.41) is 14.4. The van der Waals surface area contributed by atoms with Gasteiger partial charge in [0.15, 0.2) is 0 Å². The number of hydrogen-bond donors (Lipinski definition) is 2. The molecule has 1 amide bonds. The molecule has 0 aliphatic rings. The number of halogens is 2. The molecule has 2 aromatic heterocycles. The van der Waals surface area contributed by atoms with Gasteiger partial charge in [-0.3, -0.25) is 14.6 Å². The van der Waals surface area contributed by atoms with Gasteiger partial charge in [-0.25, -0.2) is 4.79 Å². The number of nitrogens with zero attached hydrogens (tertiary/aromatic N) is 2. The molecule has 1 atom stereocenters. The number of carboxylic acid groups (broad SMARTS) is 1. The van der Waals surface area contributed by atoms with Crippen LogP contribution in [0.2, 0.25) is 10.0 Å². The number of rotatable bonds is 6.